The maximum Gasteiger partial charge on any atom is 0.165 e. The number of nitrogens with one attached hydrogen (secondary N) is 1. The molecule has 0 aromatic carbocycles. The predicted octanol–water partition coefficient (Wildman–Crippen LogP) is 0.944. The van der Waals surface area contributed by atoms with Gasteiger partial charge in [0, 0.05) is 0 Å². The number of nitrogens with zero attached hydrogens (tertiary/aromatic N) is 2. The third-order valence-electron chi connectivity index (χ3n) is 1.16. The number of carbonyl (C=O) groups excluding carboxylic acids is 1. The summed E-state index contributed by atoms with van der Waals surface area (Å²) in [6.07, 6.45) is 1.44. The van der Waals surface area contributed by atoms with Gasteiger partial charge in [-0.3, -0.25) is 9.89 Å². The van der Waals surface area contributed by atoms with Crippen molar-refractivity contribution in [3.05, 3.63) is 11.8 Å². The minimum Gasteiger partial charge on any atom is -0.294 e. The first kappa shape index (κ1) is 6.67. The molecule has 1 aromatic rings. The Hall–Kier alpha value is -1.45. The molecule has 0 aliphatic carbocycles. The van der Waals surface area contributed by atoms with Crippen LogP contribution in [0.3, 0.4) is 0 Å². The second-order valence-electron chi connectivity index (χ2n) is 1.85. The van der Waals surface area contributed by atoms with E-state index in [-0.39, 0.29) is 5.78 Å². The van der Waals surface area contributed by atoms with E-state index < -0.39 is 0 Å². The normalized spacial score (nSPS) is 9.30. The Kier molecular flexibility index (Phi) is 1.62. The van der Waals surface area contributed by atoms with Crippen molar-refractivity contribution < 1.29 is 4.79 Å². The van der Waals surface area contributed by atoms with Crippen molar-refractivity contribution in [2.45, 2.75) is 6.92 Å². The molecule has 0 saturated heterocycles. The van der Waals surface area contributed by atoms with Gasteiger partial charge >= 0.3 is 0 Å². The highest BCUT2D eigenvalue weighted by Crippen LogP contribution is 2.13. The van der Waals surface area contributed by atoms with Gasteiger partial charge in [0.15, 0.2) is 11.6 Å². The standard InChI is InChI=1S/C6H7N3O/c1-4(10)5-3-8-9-6(5)7-2/h3H,2H2,1H3,(H,8,9). The van der Waals surface area contributed by atoms with Gasteiger partial charge in [-0.2, -0.15) is 5.10 Å². The predicted molar refractivity (Wildman–Crippen MR) is 37.8 cm³/mol. The molecule has 0 unspecified atom stereocenters. The number of rotatable bonds is 2. The van der Waals surface area contributed by atoms with Crippen molar-refractivity contribution >= 4 is 18.3 Å². The monoisotopic (exact) mass is 137 g/mol. The molecular formula is C6H7N3O. The highest BCUT2D eigenvalue weighted by atomic mass is 16.1. The van der Waals surface area contributed by atoms with E-state index in [0.717, 1.165) is 0 Å². The van der Waals surface area contributed by atoms with Crippen LogP contribution in [0.15, 0.2) is 11.2 Å². The van der Waals surface area contributed by atoms with E-state index in [2.05, 4.69) is 21.9 Å². The number of aromatic amines is 1. The second-order valence-corrected chi connectivity index (χ2v) is 1.85. The number of aromatic nitrogens is 2. The summed E-state index contributed by atoms with van der Waals surface area (Å²) < 4.78 is 0. The lowest BCUT2D eigenvalue weighted by Gasteiger charge is -1.87. The quantitative estimate of drug-likeness (QED) is 0.487. The number of hydrogen-bond acceptors (Lipinski definition) is 3. The Balaban J connectivity index is 3.13. The minimum absolute atomic E-state index is 0.0591. The van der Waals surface area contributed by atoms with Crippen molar-refractivity contribution in [1.82, 2.24) is 10.2 Å². The van der Waals surface area contributed by atoms with Crippen LogP contribution in [0.4, 0.5) is 5.82 Å². The molecule has 0 fully saturated rings. The molecule has 1 heterocycles. The molecule has 0 amide bonds. The molecule has 52 valence electrons. The first-order chi connectivity index (χ1) is 4.75. The van der Waals surface area contributed by atoms with E-state index in [0.29, 0.717) is 11.4 Å². The third-order valence-corrected chi connectivity index (χ3v) is 1.16. The summed E-state index contributed by atoms with van der Waals surface area (Å²) in [6, 6.07) is 0. The van der Waals surface area contributed by atoms with Crippen LogP contribution >= 0.6 is 0 Å². The fourth-order valence-electron chi connectivity index (χ4n) is 0.658. The fourth-order valence-corrected chi connectivity index (χ4v) is 0.658. The highest BCUT2D eigenvalue weighted by Gasteiger charge is 2.06. The molecule has 0 radical (unpaired) electrons. The summed E-state index contributed by atoms with van der Waals surface area (Å²) in [5.41, 5.74) is 0.481. The Morgan fingerprint density at radius 3 is 3.00 bits per heavy atom. The number of hydrogen-bond donors (Lipinski definition) is 1. The van der Waals surface area contributed by atoms with Crippen molar-refractivity contribution in [1.29, 1.82) is 0 Å². The first-order valence-corrected chi connectivity index (χ1v) is 2.76. The molecule has 0 spiro atoms. The molecule has 0 atom stereocenters. The second kappa shape index (κ2) is 2.43. The summed E-state index contributed by atoms with van der Waals surface area (Å²) in [6.45, 7) is 4.73. The largest absolute Gasteiger partial charge is 0.294 e. The average molecular weight is 137 g/mol. The molecule has 1 aromatic heterocycles. The van der Waals surface area contributed by atoms with E-state index in [9.17, 15) is 4.79 Å². The molecule has 0 bridgehead atoms. The Morgan fingerprint density at radius 2 is 2.60 bits per heavy atom. The molecule has 10 heavy (non-hydrogen) atoms. The van der Waals surface area contributed by atoms with Crippen LogP contribution in [0.1, 0.15) is 17.3 Å². The van der Waals surface area contributed by atoms with E-state index in [4.69, 9.17) is 0 Å². The molecule has 1 N–H and O–H groups in total. The lowest BCUT2D eigenvalue weighted by Crippen LogP contribution is -1.87. The maximum atomic E-state index is 10.7. The van der Waals surface area contributed by atoms with Crippen LogP contribution in [-0.4, -0.2) is 22.7 Å². The van der Waals surface area contributed by atoms with E-state index in [1.807, 2.05) is 0 Å². The van der Waals surface area contributed by atoms with Gasteiger partial charge in [0.1, 0.15) is 0 Å². The zero-order valence-corrected chi connectivity index (χ0v) is 5.59. The number of H-pyrrole nitrogens is 1. The zero-order valence-electron chi connectivity index (χ0n) is 5.59. The lowest BCUT2D eigenvalue weighted by molar-refractivity contribution is 0.101. The van der Waals surface area contributed by atoms with E-state index in [1.54, 1.807) is 0 Å². The molecule has 0 saturated carbocycles. The van der Waals surface area contributed by atoms with Gasteiger partial charge in [-0.1, -0.05) is 0 Å². The maximum absolute atomic E-state index is 10.7. The van der Waals surface area contributed by atoms with Gasteiger partial charge < -0.3 is 0 Å². The van der Waals surface area contributed by atoms with Crippen LogP contribution in [0.25, 0.3) is 0 Å². The van der Waals surface area contributed by atoms with Gasteiger partial charge in [0.2, 0.25) is 0 Å². The van der Waals surface area contributed by atoms with Gasteiger partial charge in [0.25, 0.3) is 0 Å². The zero-order chi connectivity index (χ0) is 7.56. The molecule has 0 aliphatic heterocycles. The molecule has 1 rings (SSSR count). The summed E-state index contributed by atoms with van der Waals surface area (Å²) in [5, 5.41) is 6.17. The van der Waals surface area contributed by atoms with Gasteiger partial charge in [-0.15, -0.1) is 0 Å². The first-order valence-electron chi connectivity index (χ1n) is 2.76. The van der Waals surface area contributed by atoms with Crippen molar-refractivity contribution in [3.63, 3.8) is 0 Å². The fraction of sp³-hybridized carbons (Fsp3) is 0.167. The van der Waals surface area contributed by atoms with E-state index >= 15 is 0 Å². The van der Waals surface area contributed by atoms with Gasteiger partial charge in [-0.05, 0) is 13.6 Å². The SMILES string of the molecule is C=Nc1[nH]ncc1C(C)=O. The molecular weight excluding hydrogens is 130 g/mol. The lowest BCUT2D eigenvalue weighted by atomic mass is 10.2. The van der Waals surface area contributed by atoms with Crippen LogP contribution < -0.4 is 0 Å². The van der Waals surface area contributed by atoms with Gasteiger partial charge in [0.05, 0.1) is 11.8 Å². The third kappa shape index (κ3) is 0.953. The Morgan fingerprint density at radius 1 is 1.90 bits per heavy atom. The molecule has 4 heteroatoms. The van der Waals surface area contributed by atoms with Crippen LogP contribution in [0.5, 0.6) is 0 Å². The molecule has 0 aliphatic rings. The number of carbonyl (C=O) groups is 1. The van der Waals surface area contributed by atoms with Crippen molar-refractivity contribution in [2.75, 3.05) is 0 Å². The highest BCUT2D eigenvalue weighted by molar-refractivity contribution is 5.97. The summed E-state index contributed by atoms with van der Waals surface area (Å²) in [5.74, 6) is 0.378. The Bertz CT molecular complexity index is 264. The minimum atomic E-state index is -0.0591. The molecule has 4 nitrogen and oxygen atoms in total. The summed E-state index contributed by atoms with van der Waals surface area (Å²) in [4.78, 5) is 14.3. The summed E-state index contributed by atoms with van der Waals surface area (Å²) in [7, 11) is 0. The van der Waals surface area contributed by atoms with Gasteiger partial charge in [-0.25, -0.2) is 4.99 Å². The number of Topliss-reactive ketones (excluding diaryl/α,β-unsaturated/α-hetero) is 1. The topological polar surface area (TPSA) is 58.1 Å². The summed E-state index contributed by atoms with van der Waals surface area (Å²) >= 11 is 0. The van der Waals surface area contributed by atoms with Crippen molar-refractivity contribution in [3.8, 4) is 0 Å². The van der Waals surface area contributed by atoms with Crippen LogP contribution in [-0.2, 0) is 0 Å². The Labute approximate surface area is 58.0 Å². The smallest absolute Gasteiger partial charge is 0.165 e. The van der Waals surface area contributed by atoms with Crippen molar-refractivity contribution in [2.24, 2.45) is 4.99 Å². The van der Waals surface area contributed by atoms with E-state index in [1.165, 1.54) is 13.1 Å². The van der Waals surface area contributed by atoms with Crippen LogP contribution in [0, 0.1) is 0 Å². The average Bonchev–Trinajstić information content (AvgIpc) is 2.33. The van der Waals surface area contributed by atoms with Crippen LogP contribution in [0.2, 0.25) is 0 Å². The number of ketones is 1. The number of aliphatic imine (C=N–C) groups is 1.